The van der Waals surface area contributed by atoms with Gasteiger partial charge in [-0.15, -0.1) is 12.4 Å². The maximum atomic E-state index is 13.9. The van der Waals surface area contributed by atoms with Gasteiger partial charge in [-0.05, 0) is 89.4 Å². The van der Waals surface area contributed by atoms with E-state index in [0.29, 0.717) is 29.2 Å². The Bertz CT molecular complexity index is 1670. The minimum absolute atomic E-state index is 0. The van der Waals surface area contributed by atoms with E-state index in [-0.39, 0.29) is 47.6 Å². The smallest absolute Gasteiger partial charge is 0.264 e. The fourth-order valence-corrected chi connectivity index (χ4v) is 7.13. The highest BCUT2D eigenvalue weighted by Gasteiger charge is 2.27. The number of aryl methyl sites for hydroxylation is 1. The normalized spacial score (nSPS) is 13.7. The van der Waals surface area contributed by atoms with Crippen molar-refractivity contribution in [3.8, 4) is 5.75 Å². The number of aromatic hydroxyl groups is 1. The molecule has 51 heavy (non-hydrogen) atoms. The summed E-state index contributed by atoms with van der Waals surface area (Å²) in [5, 5.41) is 14.4. The van der Waals surface area contributed by atoms with E-state index in [9.17, 15) is 13.5 Å². The number of phenolic OH excluding ortho intramolecular Hbond substituents is 1. The number of aromatic nitrogens is 3. The summed E-state index contributed by atoms with van der Waals surface area (Å²) in [6.45, 7) is 5.62. The van der Waals surface area contributed by atoms with Gasteiger partial charge in [0.2, 0.25) is 17.8 Å². The zero-order valence-corrected chi connectivity index (χ0v) is 31.7. The molecule has 0 amide bonds. The van der Waals surface area contributed by atoms with E-state index < -0.39 is 10.0 Å². The molecule has 6 rings (SSSR count). The largest absolute Gasteiger partial charge is 0.506 e. The van der Waals surface area contributed by atoms with Crippen LogP contribution in [0.1, 0.15) is 55.4 Å². The Balaban J connectivity index is -0.00000115. The lowest BCUT2D eigenvalue weighted by Crippen LogP contribution is -2.34. The zero-order valence-electron chi connectivity index (χ0n) is 30.0. The zero-order chi connectivity index (χ0) is 34.5. The van der Waals surface area contributed by atoms with Gasteiger partial charge in [-0.25, -0.2) is 8.42 Å². The molecule has 0 saturated carbocycles. The van der Waals surface area contributed by atoms with Crippen molar-refractivity contribution >= 4 is 51.7 Å². The molecule has 3 aromatic carbocycles. The Morgan fingerprint density at radius 1 is 0.765 bits per heavy atom. The average Bonchev–Trinajstić information content (AvgIpc) is 3.14. The van der Waals surface area contributed by atoms with Gasteiger partial charge < -0.3 is 44.0 Å². The van der Waals surface area contributed by atoms with Crippen molar-refractivity contribution in [3.63, 3.8) is 0 Å². The third-order valence-corrected chi connectivity index (χ3v) is 9.97. The molecule has 1 aromatic heterocycles. The van der Waals surface area contributed by atoms with Crippen LogP contribution in [0.25, 0.3) is 0 Å². The van der Waals surface area contributed by atoms with Gasteiger partial charge >= 0.3 is 0 Å². The number of sulfonamides is 1. The highest BCUT2D eigenvalue weighted by atomic mass is 35.5. The topological polar surface area (TPSA) is 237 Å². The fourth-order valence-electron chi connectivity index (χ4n) is 5.68. The van der Waals surface area contributed by atoms with Crippen LogP contribution in [0.3, 0.4) is 0 Å². The van der Waals surface area contributed by atoms with E-state index in [4.69, 9.17) is 15.0 Å². The second-order valence-corrected chi connectivity index (χ2v) is 13.4. The maximum Gasteiger partial charge on any atom is 0.264 e. The van der Waals surface area contributed by atoms with Gasteiger partial charge in [0, 0.05) is 38.0 Å². The number of piperidine rings is 2. The van der Waals surface area contributed by atoms with E-state index in [1.54, 1.807) is 36.4 Å². The Kier molecular flexibility index (Phi) is 19.2. The van der Waals surface area contributed by atoms with Crippen LogP contribution in [-0.2, 0) is 16.6 Å². The van der Waals surface area contributed by atoms with Crippen molar-refractivity contribution in [2.75, 3.05) is 59.7 Å². The van der Waals surface area contributed by atoms with Crippen LogP contribution in [0, 0.1) is 6.92 Å². The van der Waals surface area contributed by atoms with Crippen LogP contribution in [-0.4, -0.2) is 68.8 Å². The summed E-state index contributed by atoms with van der Waals surface area (Å²) in [4.78, 5) is 18.9. The SMILES string of the molecule is CN.CN.Cc1ccc(S(=O)(=O)N(Cc2ccccc2)c2ccc(Nc3nc(N4CCCCC4)nc(N4CCCCC4)n3)c(O)c2)cc1.Cl.N.N.[HH].[HH].[HH].[HH]. The molecule has 0 spiro atoms. The van der Waals surface area contributed by atoms with Crippen LogP contribution in [0.5, 0.6) is 5.75 Å². The molecular formula is C35H64ClN11O3S. The average molecular weight is 754 g/mol. The summed E-state index contributed by atoms with van der Waals surface area (Å²) in [7, 11) is -0.936. The Hall–Kier alpha value is -4.25. The fraction of sp³-hybridized carbons (Fsp3) is 0.400. The van der Waals surface area contributed by atoms with Gasteiger partial charge in [0.15, 0.2) is 0 Å². The molecule has 0 aliphatic carbocycles. The molecule has 4 aromatic rings. The summed E-state index contributed by atoms with van der Waals surface area (Å²) < 4.78 is 29.1. The van der Waals surface area contributed by atoms with E-state index in [2.05, 4.69) is 26.6 Å². The Morgan fingerprint density at radius 2 is 1.27 bits per heavy atom. The molecule has 0 bridgehead atoms. The number of halogens is 1. The van der Waals surface area contributed by atoms with E-state index in [1.807, 2.05) is 37.3 Å². The van der Waals surface area contributed by atoms with Crippen LogP contribution in [0.15, 0.2) is 77.7 Å². The lowest BCUT2D eigenvalue weighted by molar-refractivity contribution is 0.477. The van der Waals surface area contributed by atoms with E-state index in [0.717, 1.165) is 63.0 Å². The van der Waals surface area contributed by atoms with Gasteiger partial charge in [0.1, 0.15) is 5.75 Å². The first-order valence-corrected chi connectivity index (χ1v) is 18.0. The monoisotopic (exact) mass is 753 g/mol. The molecule has 290 valence electrons. The first-order chi connectivity index (χ1) is 23.4. The number of rotatable bonds is 9. The van der Waals surface area contributed by atoms with Crippen LogP contribution in [0.4, 0.5) is 29.2 Å². The molecule has 14 nitrogen and oxygen atoms in total. The van der Waals surface area contributed by atoms with Crippen LogP contribution < -0.4 is 43.2 Å². The highest BCUT2D eigenvalue weighted by molar-refractivity contribution is 7.92. The molecule has 16 heteroatoms. The Morgan fingerprint density at radius 3 is 1.76 bits per heavy atom. The molecular weight excluding hydrogens is 690 g/mol. The van der Waals surface area contributed by atoms with Crippen LogP contribution >= 0.6 is 12.4 Å². The predicted octanol–water partition coefficient (Wildman–Crippen LogP) is 6.88. The quantitative estimate of drug-likeness (QED) is 0.0957. The number of nitrogens with two attached hydrogens (primary N) is 2. The summed E-state index contributed by atoms with van der Waals surface area (Å²) in [5.74, 6) is 1.51. The maximum absolute atomic E-state index is 13.9. The summed E-state index contributed by atoms with van der Waals surface area (Å²) in [6, 6.07) is 21.0. The number of nitrogens with zero attached hydrogens (tertiary/aromatic N) is 6. The molecule has 2 aliphatic heterocycles. The summed E-state index contributed by atoms with van der Waals surface area (Å²) in [5.41, 5.74) is 11.5. The van der Waals surface area contributed by atoms with Crippen molar-refractivity contribution in [1.29, 1.82) is 0 Å². The molecule has 0 radical (unpaired) electrons. The minimum atomic E-state index is -3.94. The molecule has 12 N–H and O–H groups in total. The molecule has 2 saturated heterocycles. The number of nitrogens with one attached hydrogen (secondary N) is 1. The number of benzene rings is 3. The predicted molar refractivity (Wildman–Crippen MR) is 220 cm³/mol. The van der Waals surface area contributed by atoms with Gasteiger partial charge in [-0.1, -0.05) is 48.0 Å². The molecule has 2 fully saturated rings. The van der Waals surface area contributed by atoms with Crippen molar-refractivity contribution in [2.45, 2.75) is 56.9 Å². The number of anilines is 5. The first-order valence-electron chi connectivity index (χ1n) is 16.5. The third-order valence-electron chi connectivity index (χ3n) is 8.18. The van der Waals surface area contributed by atoms with Crippen molar-refractivity contribution in [2.24, 2.45) is 11.5 Å². The van der Waals surface area contributed by atoms with Crippen molar-refractivity contribution < 1.29 is 19.2 Å². The minimum Gasteiger partial charge on any atom is -0.506 e. The van der Waals surface area contributed by atoms with Crippen molar-refractivity contribution in [1.82, 2.24) is 27.3 Å². The van der Waals surface area contributed by atoms with E-state index >= 15 is 0 Å². The highest BCUT2D eigenvalue weighted by Crippen LogP contribution is 2.35. The van der Waals surface area contributed by atoms with Crippen LogP contribution in [0.2, 0.25) is 0 Å². The summed E-state index contributed by atoms with van der Waals surface area (Å²) in [6.07, 6.45) is 6.79. The number of phenols is 1. The Labute approximate surface area is 315 Å². The van der Waals surface area contributed by atoms with Gasteiger partial charge in [0.25, 0.3) is 10.0 Å². The molecule has 3 heterocycles. The lowest BCUT2D eigenvalue weighted by atomic mass is 10.1. The second kappa shape index (κ2) is 21.9. The third kappa shape index (κ3) is 11.6. The van der Waals surface area contributed by atoms with Crippen molar-refractivity contribution in [3.05, 3.63) is 83.9 Å². The number of hydrogen-bond donors (Lipinski definition) is 6. The molecule has 2 aliphatic rings. The second-order valence-electron chi connectivity index (χ2n) is 11.5. The first kappa shape index (κ1) is 44.8. The number of hydrogen-bond acceptors (Lipinski definition) is 13. The van der Waals surface area contributed by atoms with E-state index in [1.165, 1.54) is 37.3 Å². The van der Waals surface area contributed by atoms with Gasteiger partial charge in [-0.3, -0.25) is 4.31 Å². The lowest BCUT2D eigenvalue weighted by Gasteiger charge is -2.30. The summed E-state index contributed by atoms with van der Waals surface area (Å²) >= 11 is 0. The molecule has 0 atom stereocenters. The van der Waals surface area contributed by atoms with Gasteiger partial charge in [-0.2, -0.15) is 15.0 Å². The molecule has 0 unspecified atom stereocenters. The standard InChI is InChI=1S/C33H39N7O3S.2CH5N.ClH.2H3N.4H2/c1-25-13-16-28(17-14-25)44(42,43)40(24-26-11-5-2-6-12-26)27-15-18-29(30(41)23-27)34-31-35-32(38-19-7-3-8-20-38)37-33(36-31)39-21-9-4-10-22-39;2*1-2;;;;;;;/h2,5-6,11-18,23,41H,3-4,7-10,19-22,24H2,1H3,(H,34,35,36,37);2*2H2,1H3;1H;2*1H3;4*1H. The van der Waals surface area contributed by atoms with Gasteiger partial charge in [0.05, 0.1) is 22.8 Å².